The van der Waals surface area contributed by atoms with Crippen molar-refractivity contribution in [3.8, 4) is 0 Å². The Hall–Kier alpha value is -1.51. The Balaban J connectivity index is 0. The third kappa shape index (κ3) is 18.5. The lowest BCUT2D eigenvalue weighted by Crippen LogP contribution is -2.02. The van der Waals surface area contributed by atoms with Crippen molar-refractivity contribution < 1.29 is 22.6 Å². The highest BCUT2D eigenvalue weighted by Gasteiger charge is 2.01. The second kappa shape index (κ2) is 13.5. The summed E-state index contributed by atoms with van der Waals surface area (Å²) in [4.78, 5) is 9.59. The van der Waals surface area contributed by atoms with E-state index < -0.39 is 15.0 Å². The molecule has 21 heavy (non-hydrogen) atoms. The Morgan fingerprint density at radius 1 is 1.19 bits per heavy atom. The molecular weight excluding hydrogens is 298 g/mol. The van der Waals surface area contributed by atoms with Crippen LogP contribution in [0.1, 0.15) is 26.2 Å². The van der Waals surface area contributed by atoms with Crippen LogP contribution >= 0.6 is 0 Å². The molecular formula is C13H23NO6S. The van der Waals surface area contributed by atoms with E-state index >= 15 is 0 Å². The summed E-state index contributed by atoms with van der Waals surface area (Å²) < 4.78 is 32.6. The Morgan fingerprint density at radius 2 is 1.67 bits per heavy atom. The number of benzene rings is 1. The van der Waals surface area contributed by atoms with E-state index in [1.165, 1.54) is 12.1 Å². The highest BCUT2D eigenvalue weighted by atomic mass is 32.2. The summed E-state index contributed by atoms with van der Waals surface area (Å²) in [6, 6.07) is 7.93. The van der Waals surface area contributed by atoms with Crippen molar-refractivity contribution in [3.05, 3.63) is 40.4 Å². The van der Waals surface area contributed by atoms with E-state index in [-0.39, 0.29) is 11.4 Å². The van der Waals surface area contributed by atoms with Gasteiger partial charge >= 0.3 is 0 Å². The first kappa shape index (κ1) is 21.8. The van der Waals surface area contributed by atoms with Crippen LogP contribution in [0.25, 0.3) is 0 Å². The number of para-hydroxylation sites is 1. The summed E-state index contributed by atoms with van der Waals surface area (Å²) in [5.41, 5.74) is 0.137. The molecule has 0 spiro atoms. The van der Waals surface area contributed by atoms with Gasteiger partial charge in [-0.15, -0.1) is 0 Å². The molecule has 0 aliphatic carbocycles. The van der Waals surface area contributed by atoms with Gasteiger partial charge in [-0.25, -0.2) is 0 Å². The normalized spacial score (nSPS) is 9.71. The van der Waals surface area contributed by atoms with Gasteiger partial charge in [0.15, 0.2) is 0 Å². The predicted octanol–water partition coefficient (Wildman–Crippen LogP) is 2.92. The molecule has 1 N–H and O–H groups in total. The van der Waals surface area contributed by atoms with Gasteiger partial charge in [-0.1, -0.05) is 38.0 Å². The van der Waals surface area contributed by atoms with Gasteiger partial charge in [-0.2, -0.15) is 8.42 Å². The minimum Gasteiger partial charge on any atom is -0.388 e. The topological polar surface area (TPSA) is 107 Å². The smallest absolute Gasteiger partial charge is 0.269 e. The maximum Gasteiger partial charge on any atom is 0.269 e. The SMILES string of the molecule is CCCCCS(=O)(=O)O.COC.O=[N+]([O-])c1ccccc1. The molecule has 122 valence electrons. The molecule has 0 amide bonds. The number of nitro groups is 1. The molecule has 0 atom stereocenters. The van der Waals surface area contributed by atoms with Crippen LogP contribution in [-0.2, 0) is 14.9 Å². The van der Waals surface area contributed by atoms with Gasteiger partial charge in [0.2, 0.25) is 0 Å². The molecule has 0 fully saturated rings. The van der Waals surface area contributed by atoms with Crippen LogP contribution in [-0.4, -0.2) is 37.9 Å². The number of methoxy groups -OCH3 is 1. The minimum absolute atomic E-state index is 0.0964. The number of nitrogens with zero attached hydrogens (tertiary/aromatic N) is 1. The predicted molar refractivity (Wildman–Crippen MR) is 82.0 cm³/mol. The molecule has 0 aliphatic rings. The molecule has 0 aromatic heterocycles. The van der Waals surface area contributed by atoms with Gasteiger partial charge < -0.3 is 4.74 Å². The molecule has 0 bridgehead atoms. The van der Waals surface area contributed by atoms with Crippen molar-refractivity contribution in [2.45, 2.75) is 26.2 Å². The number of hydrogen-bond acceptors (Lipinski definition) is 5. The average Bonchev–Trinajstić information content (AvgIpc) is 2.40. The number of nitro benzene ring substituents is 1. The Morgan fingerprint density at radius 3 is 1.95 bits per heavy atom. The minimum atomic E-state index is -3.70. The Kier molecular flexibility index (Phi) is 14.0. The van der Waals surface area contributed by atoms with Crippen molar-refractivity contribution in [2.75, 3.05) is 20.0 Å². The fourth-order valence-corrected chi connectivity index (χ4v) is 1.65. The van der Waals surface area contributed by atoms with Gasteiger partial charge in [-0.3, -0.25) is 14.7 Å². The summed E-state index contributed by atoms with van der Waals surface area (Å²) in [5, 5.41) is 10.0. The first-order chi connectivity index (χ1) is 9.78. The number of non-ortho nitro benzene ring substituents is 1. The molecule has 0 aliphatic heterocycles. The molecule has 0 saturated heterocycles. The van der Waals surface area contributed by atoms with E-state index in [1.54, 1.807) is 32.4 Å². The van der Waals surface area contributed by atoms with Gasteiger partial charge in [0.05, 0.1) is 10.7 Å². The van der Waals surface area contributed by atoms with E-state index in [2.05, 4.69) is 4.74 Å². The van der Waals surface area contributed by atoms with Crippen molar-refractivity contribution in [1.82, 2.24) is 0 Å². The molecule has 1 rings (SSSR count). The monoisotopic (exact) mass is 321 g/mol. The third-order valence-corrected chi connectivity index (χ3v) is 2.78. The van der Waals surface area contributed by atoms with Crippen LogP contribution < -0.4 is 0 Å². The van der Waals surface area contributed by atoms with Gasteiger partial charge in [-0.05, 0) is 6.42 Å². The maximum atomic E-state index is 10.1. The van der Waals surface area contributed by atoms with Crippen molar-refractivity contribution in [2.24, 2.45) is 0 Å². The second-order valence-corrected chi connectivity index (χ2v) is 5.57. The fraction of sp³-hybridized carbons (Fsp3) is 0.538. The molecule has 8 heteroatoms. The zero-order valence-corrected chi connectivity index (χ0v) is 13.4. The van der Waals surface area contributed by atoms with E-state index in [9.17, 15) is 18.5 Å². The largest absolute Gasteiger partial charge is 0.388 e. The summed E-state index contributed by atoms with van der Waals surface area (Å²) in [7, 11) is -0.446. The first-order valence-corrected chi connectivity index (χ1v) is 7.94. The molecule has 1 aromatic carbocycles. The molecule has 1 aromatic rings. The molecule has 7 nitrogen and oxygen atoms in total. The quantitative estimate of drug-likeness (QED) is 0.387. The Labute approximate surface area is 125 Å². The highest BCUT2D eigenvalue weighted by molar-refractivity contribution is 7.85. The fourth-order valence-electron chi connectivity index (χ4n) is 1.08. The van der Waals surface area contributed by atoms with Crippen LogP contribution in [0.3, 0.4) is 0 Å². The molecule has 0 saturated carbocycles. The number of hydrogen-bond donors (Lipinski definition) is 1. The van der Waals surface area contributed by atoms with Crippen molar-refractivity contribution in [1.29, 1.82) is 0 Å². The van der Waals surface area contributed by atoms with Gasteiger partial charge in [0.1, 0.15) is 0 Å². The van der Waals surface area contributed by atoms with E-state index in [0.717, 1.165) is 12.8 Å². The van der Waals surface area contributed by atoms with Crippen LogP contribution in [0.4, 0.5) is 5.69 Å². The van der Waals surface area contributed by atoms with Crippen LogP contribution in [0.5, 0.6) is 0 Å². The molecule has 0 unspecified atom stereocenters. The molecule has 0 heterocycles. The summed E-state index contributed by atoms with van der Waals surface area (Å²) >= 11 is 0. The second-order valence-electron chi connectivity index (χ2n) is 3.99. The number of unbranched alkanes of at least 4 members (excludes halogenated alkanes) is 2. The van der Waals surface area contributed by atoms with Crippen molar-refractivity contribution >= 4 is 15.8 Å². The number of ether oxygens (including phenoxy) is 1. The van der Waals surface area contributed by atoms with Crippen molar-refractivity contribution in [3.63, 3.8) is 0 Å². The van der Waals surface area contributed by atoms with Crippen LogP contribution in [0.15, 0.2) is 30.3 Å². The summed E-state index contributed by atoms with van der Waals surface area (Å²) in [5.74, 6) is -0.0964. The van der Waals surface area contributed by atoms with E-state index in [0.29, 0.717) is 6.42 Å². The zero-order chi connectivity index (χ0) is 16.7. The first-order valence-electron chi connectivity index (χ1n) is 6.33. The lowest BCUT2D eigenvalue weighted by Gasteiger charge is -1.92. The van der Waals surface area contributed by atoms with Crippen LogP contribution in [0, 0.1) is 10.1 Å². The lowest BCUT2D eigenvalue weighted by atomic mass is 10.3. The maximum absolute atomic E-state index is 10.1. The average molecular weight is 321 g/mol. The lowest BCUT2D eigenvalue weighted by molar-refractivity contribution is -0.384. The zero-order valence-electron chi connectivity index (χ0n) is 12.6. The van der Waals surface area contributed by atoms with E-state index in [4.69, 9.17) is 4.55 Å². The van der Waals surface area contributed by atoms with Gasteiger partial charge in [0.25, 0.3) is 15.8 Å². The highest BCUT2D eigenvalue weighted by Crippen LogP contribution is 2.06. The van der Waals surface area contributed by atoms with E-state index in [1.807, 2.05) is 6.92 Å². The summed E-state index contributed by atoms with van der Waals surface area (Å²) in [6.07, 6.45) is 2.39. The standard InChI is InChI=1S/C6H5NO2.C5H12O3S.C2H6O/c8-7(9)6-4-2-1-3-5-6;1-2-3-4-5-9(6,7)8;1-3-2/h1-5H;2-5H2,1H3,(H,6,7,8);1-2H3. The van der Waals surface area contributed by atoms with Gasteiger partial charge in [0, 0.05) is 26.4 Å². The van der Waals surface area contributed by atoms with Crippen LogP contribution in [0.2, 0.25) is 0 Å². The molecule has 0 radical (unpaired) electrons. The Bertz CT molecular complexity index is 461. The summed E-state index contributed by atoms with van der Waals surface area (Å²) in [6.45, 7) is 1.98. The third-order valence-electron chi connectivity index (χ3n) is 1.97. The number of rotatable bonds is 5.